The number of hydrogen-bond donors (Lipinski definition) is 0. The second kappa shape index (κ2) is 3.37. The first kappa shape index (κ1) is 8.55. The zero-order valence-electron chi connectivity index (χ0n) is 8.42. The van der Waals surface area contributed by atoms with Gasteiger partial charge in [-0.05, 0) is 44.6 Å². The van der Waals surface area contributed by atoms with Gasteiger partial charge in [-0.3, -0.25) is 0 Å². The van der Waals surface area contributed by atoms with Crippen molar-refractivity contribution in [2.45, 2.75) is 45.6 Å². The molecule has 2 rings (SSSR count). The lowest BCUT2D eigenvalue weighted by Gasteiger charge is -2.33. The van der Waals surface area contributed by atoms with Crippen LogP contribution in [0.15, 0.2) is 0 Å². The highest BCUT2D eigenvalue weighted by Gasteiger charge is 2.35. The Morgan fingerprint density at radius 3 is 2.58 bits per heavy atom. The molecule has 0 spiro atoms. The van der Waals surface area contributed by atoms with Crippen LogP contribution in [0.1, 0.15) is 39.5 Å². The van der Waals surface area contributed by atoms with E-state index < -0.39 is 0 Å². The van der Waals surface area contributed by atoms with Crippen LogP contribution in [-0.2, 0) is 0 Å². The van der Waals surface area contributed by atoms with Crippen molar-refractivity contribution in [3.8, 4) is 0 Å². The molecule has 3 unspecified atom stereocenters. The van der Waals surface area contributed by atoms with Crippen molar-refractivity contribution < 1.29 is 0 Å². The van der Waals surface area contributed by atoms with Gasteiger partial charge in [0.1, 0.15) is 0 Å². The summed E-state index contributed by atoms with van der Waals surface area (Å²) in [5, 5.41) is 0. The molecule has 12 heavy (non-hydrogen) atoms. The number of nitrogens with zero attached hydrogens (tertiary/aromatic N) is 1. The smallest absolute Gasteiger partial charge is 0.00670 e. The van der Waals surface area contributed by atoms with E-state index in [9.17, 15) is 0 Å². The highest BCUT2D eigenvalue weighted by atomic mass is 15.2. The molecule has 2 fully saturated rings. The monoisotopic (exact) mass is 167 g/mol. The van der Waals surface area contributed by atoms with E-state index in [1.807, 2.05) is 0 Å². The van der Waals surface area contributed by atoms with Crippen LogP contribution in [0.2, 0.25) is 0 Å². The molecule has 1 heterocycles. The lowest BCUT2D eigenvalue weighted by Crippen LogP contribution is -2.38. The fraction of sp³-hybridized carbons (Fsp3) is 1.00. The average Bonchev–Trinajstić information content (AvgIpc) is 2.72. The molecular formula is C11H21N. The number of piperidine rings is 1. The molecular weight excluding hydrogens is 146 g/mol. The molecule has 0 radical (unpaired) electrons. The Morgan fingerprint density at radius 2 is 2.00 bits per heavy atom. The van der Waals surface area contributed by atoms with Crippen molar-refractivity contribution in [1.82, 2.24) is 4.90 Å². The maximum Gasteiger partial charge on any atom is 0.00670 e. The predicted molar refractivity (Wildman–Crippen MR) is 52.2 cm³/mol. The van der Waals surface area contributed by atoms with Gasteiger partial charge in [-0.25, -0.2) is 0 Å². The fourth-order valence-corrected chi connectivity index (χ4v) is 2.38. The van der Waals surface area contributed by atoms with Crippen LogP contribution in [0, 0.1) is 11.8 Å². The Labute approximate surface area is 76.1 Å². The summed E-state index contributed by atoms with van der Waals surface area (Å²) < 4.78 is 0. The van der Waals surface area contributed by atoms with Gasteiger partial charge in [0, 0.05) is 12.6 Å². The van der Waals surface area contributed by atoms with Crippen molar-refractivity contribution in [2.24, 2.45) is 11.8 Å². The van der Waals surface area contributed by atoms with E-state index in [-0.39, 0.29) is 0 Å². The third kappa shape index (κ3) is 1.82. The van der Waals surface area contributed by atoms with Crippen LogP contribution in [0.25, 0.3) is 0 Å². The van der Waals surface area contributed by atoms with Gasteiger partial charge in [-0.2, -0.15) is 0 Å². The summed E-state index contributed by atoms with van der Waals surface area (Å²) in [5.41, 5.74) is 0. The summed E-state index contributed by atoms with van der Waals surface area (Å²) in [6, 6.07) is 0.867. The van der Waals surface area contributed by atoms with E-state index >= 15 is 0 Å². The van der Waals surface area contributed by atoms with E-state index in [0.717, 1.165) is 17.9 Å². The average molecular weight is 167 g/mol. The van der Waals surface area contributed by atoms with Gasteiger partial charge in [-0.1, -0.05) is 13.3 Å². The number of likely N-dealkylation sites (tertiary alicyclic amines) is 1. The quantitative estimate of drug-likeness (QED) is 0.611. The molecule has 0 aromatic carbocycles. The first-order chi connectivity index (χ1) is 5.77. The summed E-state index contributed by atoms with van der Waals surface area (Å²) in [6.07, 6.45) is 5.81. The normalized spacial score (nSPS) is 43.0. The van der Waals surface area contributed by atoms with Crippen molar-refractivity contribution in [3.05, 3.63) is 0 Å². The minimum atomic E-state index is 0.867. The van der Waals surface area contributed by atoms with Crippen molar-refractivity contribution in [2.75, 3.05) is 13.1 Å². The van der Waals surface area contributed by atoms with E-state index in [1.54, 1.807) is 0 Å². The van der Waals surface area contributed by atoms with Crippen LogP contribution in [0.4, 0.5) is 0 Å². The van der Waals surface area contributed by atoms with E-state index in [4.69, 9.17) is 0 Å². The minimum Gasteiger partial charge on any atom is -0.300 e. The van der Waals surface area contributed by atoms with Gasteiger partial charge < -0.3 is 4.90 Å². The standard InChI is InChI=1S/C11H21N/c1-9-7-11(9)8-12-6-4-3-5-10(12)2/h9-11H,3-8H2,1-2H3. The van der Waals surface area contributed by atoms with E-state index in [1.165, 1.54) is 38.8 Å². The molecule has 1 saturated carbocycles. The Kier molecular flexibility index (Phi) is 2.40. The van der Waals surface area contributed by atoms with Gasteiger partial charge in [-0.15, -0.1) is 0 Å². The number of hydrogen-bond acceptors (Lipinski definition) is 1. The van der Waals surface area contributed by atoms with Crippen LogP contribution in [0.5, 0.6) is 0 Å². The summed E-state index contributed by atoms with van der Waals surface area (Å²) in [7, 11) is 0. The topological polar surface area (TPSA) is 3.24 Å². The largest absolute Gasteiger partial charge is 0.300 e. The lowest BCUT2D eigenvalue weighted by atomic mass is 10.0. The Morgan fingerprint density at radius 1 is 1.25 bits per heavy atom. The van der Waals surface area contributed by atoms with Crippen LogP contribution < -0.4 is 0 Å². The van der Waals surface area contributed by atoms with Crippen LogP contribution in [-0.4, -0.2) is 24.0 Å². The Hall–Kier alpha value is -0.0400. The molecule has 0 bridgehead atoms. The zero-order valence-corrected chi connectivity index (χ0v) is 8.42. The molecule has 3 atom stereocenters. The molecule has 0 aromatic heterocycles. The molecule has 70 valence electrons. The molecule has 1 heteroatoms. The van der Waals surface area contributed by atoms with E-state index in [2.05, 4.69) is 18.7 Å². The van der Waals surface area contributed by atoms with Crippen molar-refractivity contribution in [3.63, 3.8) is 0 Å². The van der Waals surface area contributed by atoms with Gasteiger partial charge in [0.2, 0.25) is 0 Å². The zero-order chi connectivity index (χ0) is 8.55. The molecule has 0 aromatic rings. The second-order valence-electron chi connectivity index (χ2n) is 4.81. The highest BCUT2D eigenvalue weighted by molar-refractivity contribution is 4.87. The van der Waals surface area contributed by atoms with E-state index in [0.29, 0.717) is 0 Å². The summed E-state index contributed by atoms with van der Waals surface area (Å²) in [6.45, 7) is 7.54. The highest BCUT2D eigenvalue weighted by Crippen LogP contribution is 2.39. The van der Waals surface area contributed by atoms with Crippen molar-refractivity contribution in [1.29, 1.82) is 0 Å². The summed E-state index contributed by atoms with van der Waals surface area (Å²) >= 11 is 0. The van der Waals surface area contributed by atoms with Gasteiger partial charge in [0.25, 0.3) is 0 Å². The van der Waals surface area contributed by atoms with Gasteiger partial charge in [0.05, 0.1) is 0 Å². The third-order valence-corrected chi connectivity index (χ3v) is 3.69. The lowest BCUT2D eigenvalue weighted by molar-refractivity contribution is 0.152. The molecule has 0 amide bonds. The molecule has 2 aliphatic rings. The molecule has 1 aliphatic carbocycles. The Balaban J connectivity index is 1.77. The molecule has 0 N–H and O–H groups in total. The van der Waals surface area contributed by atoms with Gasteiger partial charge >= 0.3 is 0 Å². The number of rotatable bonds is 2. The predicted octanol–water partition coefficient (Wildman–Crippen LogP) is 2.52. The van der Waals surface area contributed by atoms with Crippen LogP contribution in [0.3, 0.4) is 0 Å². The third-order valence-electron chi connectivity index (χ3n) is 3.69. The molecule has 1 nitrogen and oxygen atoms in total. The van der Waals surface area contributed by atoms with Crippen molar-refractivity contribution >= 4 is 0 Å². The maximum atomic E-state index is 2.71. The Bertz CT molecular complexity index is 155. The second-order valence-corrected chi connectivity index (χ2v) is 4.81. The summed E-state index contributed by atoms with van der Waals surface area (Å²) in [5.74, 6) is 2.07. The first-order valence-corrected chi connectivity index (χ1v) is 5.51. The minimum absolute atomic E-state index is 0.867. The molecule has 1 aliphatic heterocycles. The SMILES string of the molecule is CC1CC1CN1CCCCC1C. The maximum absolute atomic E-state index is 2.71. The molecule has 1 saturated heterocycles. The van der Waals surface area contributed by atoms with Gasteiger partial charge in [0.15, 0.2) is 0 Å². The van der Waals surface area contributed by atoms with Crippen LogP contribution >= 0.6 is 0 Å². The fourth-order valence-electron chi connectivity index (χ4n) is 2.38. The first-order valence-electron chi connectivity index (χ1n) is 5.51. The summed E-state index contributed by atoms with van der Waals surface area (Å²) in [4.78, 5) is 2.71.